The van der Waals surface area contributed by atoms with Crippen LogP contribution >= 0.6 is 69.3 Å². The number of nitrogens with zero attached hydrogens (tertiary/aromatic N) is 13. The van der Waals surface area contributed by atoms with E-state index in [0.29, 0.717) is 81.7 Å². The van der Waals surface area contributed by atoms with Crippen LogP contribution in [0.2, 0.25) is 0 Å². The number of urea groups is 2. The number of carbonyl (C=O) groups excluding carboxylic acids is 7. The van der Waals surface area contributed by atoms with Crippen LogP contribution in [0.15, 0.2) is 156 Å². The second-order valence-electron chi connectivity index (χ2n) is 30.4. The van der Waals surface area contributed by atoms with Crippen molar-refractivity contribution in [3.05, 3.63) is 232 Å². The van der Waals surface area contributed by atoms with Crippen molar-refractivity contribution in [2.24, 2.45) is 0 Å². The Kier molecular flexibility index (Phi) is 44.6. The first-order valence-electron chi connectivity index (χ1n) is 41.3. The van der Waals surface area contributed by atoms with Crippen molar-refractivity contribution in [1.29, 1.82) is 0 Å². The van der Waals surface area contributed by atoms with Gasteiger partial charge in [-0.25, -0.2) is 29.1 Å². The minimum atomic E-state index is -4.72. The Morgan fingerprint density at radius 2 is 0.877 bits per heavy atom. The quantitative estimate of drug-likeness (QED) is 0.0134. The molecule has 0 saturated carbocycles. The number of aromatic nitrogens is 10. The zero-order chi connectivity index (χ0) is 91.6. The van der Waals surface area contributed by atoms with E-state index in [1.54, 1.807) is 37.5 Å². The Morgan fingerprint density at radius 3 is 1.23 bits per heavy atom. The molecule has 0 spiro atoms. The third kappa shape index (κ3) is 35.3. The second-order valence-corrected chi connectivity index (χ2v) is 34.2. The number of hydrogen-bond acceptors (Lipinski definition) is 23. The van der Waals surface area contributed by atoms with E-state index in [9.17, 15) is 69.8 Å². The molecule has 12 rings (SSSR count). The van der Waals surface area contributed by atoms with E-state index in [1.165, 1.54) is 67.4 Å². The molecule has 0 fully saturated rings. The molecule has 6 aromatic heterocycles. The Morgan fingerprint density at radius 1 is 0.508 bits per heavy atom. The molecule has 2 aliphatic heterocycles. The Labute approximate surface area is 788 Å². The summed E-state index contributed by atoms with van der Waals surface area (Å²) in [5.74, 6) is -4.32. The molecule has 8 N–H and O–H groups in total. The number of alkyl halides is 6. The highest BCUT2D eigenvalue weighted by Crippen LogP contribution is 2.32. The van der Waals surface area contributed by atoms with Gasteiger partial charge in [0.2, 0.25) is 29.4 Å². The van der Waals surface area contributed by atoms with Crippen LogP contribution in [-0.4, -0.2) is 181 Å². The van der Waals surface area contributed by atoms with E-state index < -0.39 is 115 Å². The molecule has 4 aromatic carbocycles. The van der Waals surface area contributed by atoms with E-state index in [-0.39, 0.29) is 122 Å². The van der Waals surface area contributed by atoms with Gasteiger partial charge in [0.15, 0.2) is 5.82 Å². The number of carboxylic acids is 1. The summed E-state index contributed by atoms with van der Waals surface area (Å²) in [7, 11) is 4.37. The number of aliphatic carboxylic acids is 1. The van der Waals surface area contributed by atoms with Crippen LogP contribution in [0.5, 0.6) is 0 Å². The summed E-state index contributed by atoms with van der Waals surface area (Å²) >= 11 is 5.76. The van der Waals surface area contributed by atoms with Crippen molar-refractivity contribution in [3.8, 4) is 0 Å². The van der Waals surface area contributed by atoms with E-state index in [0.717, 1.165) is 51.2 Å². The van der Waals surface area contributed by atoms with Crippen molar-refractivity contribution in [3.63, 3.8) is 0 Å². The third-order valence-corrected chi connectivity index (χ3v) is 23.8. The molecule has 0 unspecified atom stereocenters. The van der Waals surface area contributed by atoms with Gasteiger partial charge in [-0.05, 0) is 73.6 Å². The number of thiazole rings is 4. The van der Waals surface area contributed by atoms with Crippen LogP contribution in [0.25, 0.3) is 0 Å². The van der Waals surface area contributed by atoms with Gasteiger partial charge in [0.05, 0.1) is 81.2 Å². The summed E-state index contributed by atoms with van der Waals surface area (Å²) in [4.78, 5) is 129. The summed E-state index contributed by atoms with van der Waals surface area (Å²) in [6.07, 6.45) is -4.49. The zero-order valence-corrected chi connectivity index (χ0v) is 76.5. The molecule has 6 atom stereocenters. The number of nitrogens with one attached hydrogen (secondary N) is 7. The van der Waals surface area contributed by atoms with Crippen LogP contribution in [0.1, 0.15) is 186 Å². The first-order valence-corrected chi connectivity index (χ1v) is 43.9. The number of amides is 9. The van der Waals surface area contributed by atoms with Crippen LogP contribution in [0.3, 0.4) is 0 Å². The van der Waals surface area contributed by atoms with Crippen LogP contribution in [0, 0.1) is 0 Å². The van der Waals surface area contributed by atoms with Crippen LogP contribution < -0.4 is 37.2 Å². The maximum atomic E-state index is 14.4. The number of fused-ring (bicyclic) bond motifs is 2. The first-order chi connectivity index (χ1) is 60.8. The SMILES string of the molecule is C.C.C.CC(C)c1nc(CN(C)C(=O)N[C@@H](CC(=O)N2CCn3c(nnc3C(F)(F)F)C2)C(=O)N[C@H](CC[C@H](Cc2ccccc2)NC(=O)OCc2cncs2)Cc2ccccc2)cs1.CC(C)c1nc(CN(C)C(=O)N[C@@H](CC(=O)O)C(=O)N[C@H](CC[C@H](Cc2ccccc2)NC(=O)OCc2cncs2)Cc2ccccc2)cs1.FC(F)(F)c1nnc2n1CCNC2.I.[2H]C. The summed E-state index contributed by atoms with van der Waals surface area (Å²) in [6, 6.07) is 32.9. The second kappa shape index (κ2) is 53.9. The number of hydrogen-bond donors (Lipinski definition) is 8. The van der Waals surface area contributed by atoms with E-state index >= 15 is 0 Å². The van der Waals surface area contributed by atoms with Gasteiger partial charge in [-0.2, -0.15) is 26.3 Å². The van der Waals surface area contributed by atoms with Crippen molar-refractivity contribution in [2.75, 3.05) is 27.2 Å². The lowest BCUT2D eigenvalue weighted by atomic mass is 9.95. The van der Waals surface area contributed by atoms with Crippen molar-refractivity contribution in [2.45, 2.75) is 235 Å². The van der Waals surface area contributed by atoms with Gasteiger partial charge in [0, 0.05) is 101 Å². The average Bonchev–Trinajstić information content (AvgIpc) is 1.67. The number of carboxylic acid groups (broad SMARTS) is 1. The predicted molar refractivity (Wildman–Crippen MR) is 498 cm³/mol. The number of ether oxygens (including phenoxy) is 2. The Hall–Kier alpha value is -11.1. The normalized spacial score (nSPS) is 13.4. The molecule has 10 aromatic rings. The smallest absolute Gasteiger partial charge is 0.451 e. The molecule has 8 heterocycles. The lowest BCUT2D eigenvalue weighted by Crippen LogP contribution is -2.54. The summed E-state index contributed by atoms with van der Waals surface area (Å²) < 4.78 is 96.1. The molecule has 0 bridgehead atoms. The lowest BCUT2D eigenvalue weighted by Gasteiger charge is -2.30. The predicted octanol–water partition coefficient (Wildman–Crippen LogP) is 15.6. The average molecular weight is 2000 g/mol. The highest BCUT2D eigenvalue weighted by Gasteiger charge is 2.42. The molecule has 2 aliphatic rings. The minimum Gasteiger partial charge on any atom is -0.481 e. The molecule has 130 heavy (non-hydrogen) atoms. The molecule has 0 aliphatic carbocycles. The highest BCUT2D eigenvalue weighted by atomic mass is 127. The molecular weight excluding hydrogens is 1880 g/mol. The number of halogens is 7. The van der Waals surface area contributed by atoms with Crippen molar-refractivity contribution >= 4 is 117 Å². The molecular formula is C88H117F6IN20O11S4. The zero-order valence-electron chi connectivity index (χ0n) is 71.9. The number of benzene rings is 4. The Bertz CT molecular complexity index is 5090. The molecule has 708 valence electrons. The van der Waals surface area contributed by atoms with Crippen LogP contribution in [-0.2, 0) is 119 Å². The maximum absolute atomic E-state index is 14.4. The van der Waals surface area contributed by atoms with Gasteiger partial charge >= 0.3 is 42.6 Å². The van der Waals surface area contributed by atoms with Gasteiger partial charge < -0.3 is 75.6 Å². The standard InChI is InChI=1S/C42H49F3N10O5S2.C36H44N6O6S2.C6H7F3N4.4CH4.HI/c1-27(2)38-48-32(25-61-38)22-53(3)40(58)50-34(20-36(56)54-16-17-55-35(23-54)51-52-39(55)42(43,44)45)37(57)47-30(18-28-10-6-4-7-11-28)14-15-31(19-29-12-8-5-9-13-29)49-41(59)60-24-33-21-46-26-62-33;1-24(2)34-39-29(22-49-34)20-42(3)35(46)41-31(18-32(43)44)33(45)38-27(16-25-10-6-4-7-11-25)14-15-28(17-26-12-8-5-9-13-26)40-36(47)48-21-30-19-37-23-50-30;7-6(8,9)5-12-11-4-3-10-1-2-13(4)5;;;;;/h4-13,21,25-27,30-31,34H,14-20,22-24H2,1-3H3,(H,47,57)(H,49,59)(H,50,58);4-13,19,22-24,27-28,31H,14-18,20-21H2,1-3H3,(H,38,45)(H,40,47)(H,41,46)(H,43,44);10H,1-3H2;4*1H4;1H/t30-,31-,34+;27-,28-,31+;;;;;;/m11....../s1/i;;;1D;;;;. The molecule has 0 radical (unpaired) electrons. The van der Waals surface area contributed by atoms with Gasteiger partial charge in [-0.3, -0.25) is 29.1 Å². The monoisotopic (exact) mass is 2000 g/mol. The maximum Gasteiger partial charge on any atom is 0.451 e. The fraction of sp³-hybridized carbons (Fsp3) is 0.455. The Balaban J connectivity index is 0.000000394. The number of carbonyl (C=O) groups is 8. The topological polar surface area (TPSA) is 382 Å². The van der Waals surface area contributed by atoms with E-state index in [1.807, 2.05) is 160 Å². The van der Waals surface area contributed by atoms with Crippen LogP contribution in [0.4, 0.5) is 45.5 Å². The number of rotatable bonds is 36. The largest absolute Gasteiger partial charge is 0.481 e. The molecule has 42 heteroatoms. The highest BCUT2D eigenvalue weighted by molar-refractivity contribution is 14.0. The van der Waals surface area contributed by atoms with Gasteiger partial charge in [0.25, 0.3) is 0 Å². The fourth-order valence-corrected chi connectivity index (χ4v) is 16.1. The molecule has 0 saturated heterocycles. The first kappa shape index (κ1) is 108. The van der Waals surface area contributed by atoms with Gasteiger partial charge in [-0.1, -0.05) is 179 Å². The van der Waals surface area contributed by atoms with E-state index in [4.69, 9.17) is 10.8 Å². The number of alkyl carbamates (subject to hydrolysis) is 2. The summed E-state index contributed by atoms with van der Waals surface area (Å²) in [6.45, 7) is 9.24. The van der Waals surface area contributed by atoms with E-state index in [2.05, 4.69) is 77.5 Å². The van der Waals surface area contributed by atoms with Gasteiger partial charge in [0.1, 0.15) is 31.1 Å². The molecule has 9 amide bonds. The lowest BCUT2D eigenvalue weighted by molar-refractivity contribution is -0.149. The molecule has 31 nitrogen and oxygen atoms in total. The fourth-order valence-electron chi connectivity index (χ4n) is 13.5. The van der Waals surface area contributed by atoms with Crippen molar-refractivity contribution in [1.82, 2.24) is 101 Å². The summed E-state index contributed by atoms with van der Waals surface area (Å²) in [5, 5.41) is 49.1. The summed E-state index contributed by atoms with van der Waals surface area (Å²) in [5.41, 5.74) is 8.60. The third-order valence-electron chi connectivity index (χ3n) is 19.9. The van der Waals surface area contributed by atoms with Crippen molar-refractivity contribution < 1.29 is 80.6 Å². The minimum absolute atomic E-state index is 0. The van der Waals surface area contributed by atoms with Gasteiger partial charge in [-0.15, -0.1) is 89.7 Å².